The standard InChI is InChI=1S/C17H23N3O6S.ClH/c21-16(12-19-6-2-5-15(19)17(22)23)18-13-3-1-4-14(11-13)27(24,25)20-7-9-26-10-8-20;/h1,3-4,11,15H,2,5-10,12H2,(H,18,21)(H,22,23);1H. The van der Waals surface area contributed by atoms with Crippen LogP contribution in [0.25, 0.3) is 0 Å². The van der Waals surface area contributed by atoms with E-state index >= 15 is 0 Å². The van der Waals surface area contributed by atoms with Crippen molar-refractivity contribution in [3.8, 4) is 0 Å². The van der Waals surface area contributed by atoms with Gasteiger partial charge in [0.1, 0.15) is 6.04 Å². The second-order valence-electron chi connectivity index (χ2n) is 6.56. The van der Waals surface area contributed by atoms with E-state index in [-0.39, 0.29) is 29.8 Å². The molecular formula is C17H24ClN3O6S. The van der Waals surface area contributed by atoms with Gasteiger partial charge in [0.05, 0.1) is 24.7 Å². The van der Waals surface area contributed by atoms with Gasteiger partial charge in [-0.15, -0.1) is 12.4 Å². The zero-order chi connectivity index (χ0) is 19.4. The number of amides is 1. The van der Waals surface area contributed by atoms with Gasteiger partial charge in [-0.25, -0.2) is 8.42 Å². The molecule has 2 aliphatic heterocycles. The summed E-state index contributed by atoms with van der Waals surface area (Å²) in [5.74, 6) is -1.30. The number of carbonyl (C=O) groups excluding carboxylic acids is 1. The summed E-state index contributed by atoms with van der Waals surface area (Å²) in [6, 6.07) is 5.43. The Labute approximate surface area is 170 Å². The molecule has 156 valence electrons. The average molecular weight is 434 g/mol. The van der Waals surface area contributed by atoms with E-state index in [0.717, 1.165) is 6.42 Å². The lowest BCUT2D eigenvalue weighted by atomic mass is 10.2. The van der Waals surface area contributed by atoms with E-state index < -0.39 is 22.0 Å². The quantitative estimate of drug-likeness (QED) is 0.675. The SMILES string of the molecule is Cl.O=C(CN1CCCC1C(=O)O)Nc1cccc(S(=O)(=O)N2CCOCC2)c1. The lowest BCUT2D eigenvalue weighted by molar-refractivity contribution is -0.142. The smallest absolute Gasteiger partial charge is 0.320 e. The molecule has 3 rings (SSSR count). The summed E-state index contributed by atoms with van der Waals surface area (Å²) in [4.78, 5) is 25.2. The maximum absolute atomic E-state index is 12.7. The Balaban J connectivity index is 0.00000280. The minimum absolute atomic E-state index is 0. The molecule has 0 spiro atoms. The summed E-state index contributed by atoms with van der Waals surface area (Å²) in [6.07, 6.45) is 1.26. The van der Waals surface area contributed by atoms with Crippen LogP contribution in [0.3, 0.4) is 0 Å². The van der Waals surface area contributed by atoms with Crippen LogP contribution in [0.15, 0.2) is 29.2 Å². The molecule has 2 fully saturated rings. The highest BCUT2D eigenvalue weighted by Crippen LogP contribution is 2.21. The minimum atomic E-state index is -3.65. The van der Waals surface area contributed by atoms with Gasteiger partial charge in [0, 0.05) is 18.8 Å². The number of likely N-dealkylation sites (tertiary alicyclic amines) is 1. The highest BCUT2D eigenvalue weighted by atomic mass is 35.5. The summed E-state index contributed by atoms with van der Waals surface area (Å²) in [5.41, 5.74) is 0.361. The summed E-state index contributed by atoms with van der Waals surface area (Å²) >= 11 is 0. The summed E-state index contributed by atoms with van der Waals surface area (Å²) in [6.45, 7) is 1.81. The molecule has 1 amide bonds. The van der Waals surface area contributed by atoms with Crippen LogP contribution in [0.5, 0.6) is 0 Å². The Morgan fingerprint density at radius 1 is 1.21 bits per heavy atom. The molecule has 2 heterocycles. The van der Waals surface area contributed by atoms with Crippen molar-refractivity contribution in [2.24, 2.45) is 0 Å². The van der Waals surface area contributed by atoms with Gasteiger partial charge in [0.15, 0.2) is 0 Å². The van der Waals surface area contributed by atoms with E-state index in [1.54, 1.807) is 17.0 Å². The molecule has 0 bridgehead atoms. The van der Waals surface area contributed by atoms with Crippen molar-refractivity contribution < 1.29 is 27.9 Å². The molecule has 2 aliphatic rings. The Hall–Kier alpha value is -1.72. The summed E-state index contributed by atoms with van der Waals surface area (Å²) < 4.78 is 32.0. The predicted molar refractivity (Wildman–Crippen MR) is 104 cm³/mol. The van der Waals surface area contributed by atoms with Crippen molar-refractivity contribution in [1.82, 2.24) is 9.21 Å². The van der Waals surface area contributed by atoms with Crippen molar-refractivity contribution in [3.63, 3.8) is 0 Å². The molecule has 11 heteroatoms. The highest BCUT2D eigenvalue weighted by Gasteiger charge is 2.31. The highest BCUT2D eigenvalue weighted by molar-refractivity contribution is 7.89. The molecule has 1 aromatic carbocycles. The number of carboxylic acid groups (broad SMARTS) is 1. The fraction of sp³-hybridized carbons (Fsp3) is 0.529. The number of benzene rings is 1. The number of hydrogen-bond donors (Lipinski definition) is 2. The van der Waals surface area contributed by atoms with Crippen molar-refractivity contribution in [1.29, 1.82) is 0 Å². The second-order valence-corrected chi connectivity index (χ2v) is 8.50. The Morgan fingerprint density at radius 2 is 1.93 bits per heavy atom. The average Bonchev–Trinajstić information content (AvgIpc) is 3.11. The Kier molecular flexibility index (Phi) is 7.79. The van der Waals surface area contributed by atoms with Gasteiger partial charge >= 0.3 is 5.97 Å². The van der Waals surface area contributed by atoms with E-state index in [4.69, 9.17) is 4.74 Å². The number of nitrogens with zero attached hydrogens (tertiary/aromatic N) is 2. The number of aliphatic carboxylic acids is 1. The van der Waals surface area contributed by atoms with Gasteiger partial charge in [-0.3, -0.25) is 14.5 Å². The van der Waals surface area contributed by atoms with Crippen LogP contribution in [0.4, 0.5) is 5.69 Å². The van der Waals surface area contributed by atoms with Gasteiger partial charge in [0.2, 0.25) is 15.9 Å². The van der Waals surface area contributed by atoms with Crippen LogP contribution in [-0.2, 0) is 24.3 Å². The molecule has 0 aliphatic carbocycles. The number of rotatable bonds is 6. The third-order valence-electron chi connectivity index (χ3n) is 4.72. The third-order valence-corrected chi connectivity index (χ3v) is 6.62. The molecule has 1 unspecified atom stereocenters. The largest absolute Gasteiger partial charge is 0.480 e. The monoisotopic (exact) mass is 433 g/mol. The normalized spacial score (nSPS) is 21.1. The number of nitrogens with one attached hydrogen (secondary N) is 1. The topological polar surface area (TPSA) is 116 Å². The lowest BCUT2D eigenvalue weighted by Gasteiger charge is -2.26. The molecule has 0 aromatic heterocycles. The fourth-order valence-electron chi connectivity index (χ4n) is 3.35. The molecule has 2 N–H and O–H groups in total. The number of sulfonamides is 1. The first-order valence-electron chi connectivity index (χ1n) is 8.82. The lowest BCUT2D eigenvalue weighted by Crippen LogP contribution is -2.41. The molecule has 1 atom stereocenters. The number of carbonyl (C=O) groups is 2. The van der Waals surface area contributed by atoms with Gasteiger partial charge in [-0.1, -0.05) is 6.07 Å². The molecule has 0 saturated carbocycles. The maximum Gasteiger partial charge on any atom is 0.320 e. The van der Waals surface area contributed by atoms with Crippen molar-refractivity contribution in [2.75, 3.05) is 44.7 Å². The van der Waals surface area contributed by atoms with E-state index in [2.05, 4.69) is 5.32 Å². The van der Waals surface area contributed by atoms with Crippen LogP contribution in [0, 0.1) is 0 Å². The number of halogens is 1. The number of hydrogen-bond acceptors (Lipinski definition) is 6. The van der Waals surface area contributed by atoms with Gasteiger partial charge in [0.25, 0.3) is 0 Å². The van der Waals surface area contributed by atoms with Crippen LogP contribution >= 0.6 is 12.4 Å². The molecule has 2 saturated heterocycles. The molecule has 0 radical (unpaired) electrons. The first-order chi connectivity index (χ1) is 12.9. The van der Waals surface area contributed by atoms with E-state index in [1.807, 2.05) is 0 Å². The second kappa shape index (κ2) is 9.66. The van der Waals surface area contributed by atoms with E-state index in [1.165, 1.54) is 16.4 Å². The van der Waals surface area contributed by atoms with Gasteiger partial charge in [-0.05, 0) is 37.6 Å². The third kappa shape index (κ3) is 5.21. The first kappa shape index (κ1) is 22.6. The maximum atomic E-state index is 12.7. The van der Waals surface area contributed by atoms with E-state index in [0.29, 0.717) is 45.0 Å². The van der Waals surface area contributed by atoms with Crippen LogP contribution < -0.4 is 5.32 Å². The Morgan fingerprint density at radius 3 is 2.61 bits per heavy atom. The van der Waals surface area contributed by atoms with Crippen molar-refractivity contribution in [2.45, 2.75) is 23.8 Å². The van der Waals surface area contributed by atoms with Crippen molar-refractivity contribution in [3.05, 3.63) is 24.3 Å². The zero-order valence-corrected chi connectivity index (χ0v) is 16.9. The zero-order valence-electron chi connectivity index (χ0n) is 15.2. The number of carboxylic acids is 1. The fourth-order valence-corrected chi connectivity index (χ4v) is 4.80. The van der Waals surface area contributed by atoms with Crippen LogP contribution in [0.2, 0.25) is 0 Å². The molecular weight excluding hydrogens is 410 g/mol. The van der Waals surface area contributed by atoms with Crippen LogP contribution in [-0.4, -0.2) is 80.0 Å². The number of anilines is 1. The van der Waals surface area contributed by atoms with Crippen molar-refractivity contribution >= 4 is 40.0 Å². The van der Waals surface area contributed by atoms with Crippen LogP contribution in [0.1, 0.15) is 12.8 Å². The molecule has 1 aromatic rings. The molecule has 28 heavy (non-hydrogen) atoms. The summed E-state index contributed by atoms with van der Waals surface area (Å²) in [5, 5.41) is 11.8. The van der Waals surface area contributed by atoms with Gasteiger partial charge in [-0.2, -0.15) is 4.31 Å². The number of ether oxygens (including phenoxy) is 1. The predicted octanol–water partition coefficient (Wildman–Crippen LogP) is 0.617. The summed E-state index contributed by atoms with van der Waals surface area (Å²) in [7, 11) is -3.65. The number of morpholine rings is 1. The minimum Gasteiger partial charge on any atom is -0.480 e. The Bertz CT molecular complexity index is 813. The molecule has 9 nitrogen and oxygen atoms in total. The van der Waals surface area contributed by atoms with E-state index in [9.17, 15) is 23.1 Å². The van der Waals surface area contributed by atoms with Gasteiger partial charge < -0.3 is 15.2 Å². The first-order valence-corrected chi connectivity index (χ1v) is 10.3.